The second-order valence-electron chi connectivity index (χ2n) is 9.18. The number of rotatable bonds is 8. The highest BCUT2D eigenvalue weighted by Crippen LogP contribution is 2.38. The molecule has 0 spiro atoms. The van der Waals surface area contributed by atoms with Crippen LogP contribution in [0.3, 0.4) is 0 Å². The van der Waals surface area contributed by atoms with Gasteiger partial charge < -0.3 is 15.2 Å². The molecular weight excluding hydrogens is 529 g/mol. The fourth-order valence-corrected chi connectivity index (χ4v) is 5.12. The second-order valence-corrected chi connectivity index (χ2v) is 10.2. The highest BCUT2D eigenvalue weighted by Gasteiger charge is 2.33. The lowest BCUT2D eigenvalue weighted by Crippen LogP contribution is -2.24. The summed E-state index contributed by atoms with van der Waals surface area (Å²) in [5.41, 5.74) is 0.945. The first-order valence-electron chi connectivity index (χ1n) is 12.1. The molecule has 4 aromatic rings. The van der Waals surface area contributed by atoms with Crippen molar-refractivity contribution in [2.24, 2.45) is 0 Å². The van der Waals surface area contributed by atoms with Crippen molar-refractivity contribution in [3.63, 3.8) is 0 Å². The molecule has 2 N–H and O–H groups in total. The Hall–Kier alpha value is -3.83. The number of nitrogens with one attached hydrogen (secondary N) is 1. The lowest BCUT2D eigenvalue weighted by molar-refractivity contribution is -0.137. The van der Waals surface area contributed by atoms with Gasteiger partial charge in [-0.2, -0.15) is 13.2 Å². The van der Waals surface area contributed by atoms with Crippen LogP contribution in [0.1, 0.15) is 57.9 Å². The summed E-state index contributed by atoms with van der Waals surface area (Å²) in [6, 6.07) is 10.4. The molecule has 3 aromatic heterocycles. The maximum Gasteiger partial charge on any atom is 0.416 e. The van der Waals surface area contributed by atoms with Crippen LogP contribution in [0, 0.1) is 6.92 Å². The van der Waals surface area contributed by atoms with Gasteiger partial charge in [0, 0.05) is 12.4 Å². The number of aryl methyl sites for hydroxylation is 2. The van der Waals surface area contributed by atoms with Gasteiger partial charge in [0.15, 0.2) is 0 Å². The number of anilines is 2. The van der Waals surface area contributed by atoms with Gasteiger partial charge in [-0.1, -0.05) is 19.4 Å². The largest absolute Gasteiger partial charge is 0.465 e. The van der Waals surface area contributed by atoms with E-state index in [1.54, 1.807) is 37.4 Å². The van der Waals surface area contributed by atoms with Crippen molar-refractivity contribution < 1.29 is 27.8 Å². The van der Waals surface area contributed by atoms with Gasteiger partial charge in [0.1, 0.15) is 22.2 Å². The molecule has 3 heterocycles. The van der Waals surface area contributed by atoms with Gasteiger partial charge in [0.2, 0.25) is 0 Å². The zero-order chi connectivity index (χ0) is 28.4. The van der Waals surface area contributed by atoms with Gasteiger partial charge in [-0.15, -0.1) is 11.3 Å². The fraction of sp³-hybridized carbons (Fsp3) is 0.286. The van der Waals surface area contributed by atoms with E-state index in [2.05, 4.69) is 20.3 Å². The van der Waals surface area contributed by atoms with Crippen LogP contribution in [0.5, 0.6) is 0 Å². The lowest BCUT2D eigenvalue weighted by Gasteiger charge is -2.25. The van der Waals surface area contributed by atoms with Crippen molar-refractivity contribution in [1.29, 1.82) is 0 Å². The van der Waals surface area contributed by atoms with Gasteiger partial charge >= 0.3 is 12.1 Å². The van der Waals surface area contributed by atoms with E-state index < -0.39 is 23.3 Å². The molecule has 39 heavy (non-hydrogen) atoms. The molecule has 204 valence electrons. The molecule has 0 aliphatic carbocycles. The minimum atomic E-state index is -4.49. The van der Waals surface area contributed by atoms with E-state index >= 15 is 0 Å². The summed E-state index contributed by atoms with van der Waals surface area (Å²) in [5, 5.41) is 14.9. The molecule has 7 nitrogen and oxygen atoms in total. The molecule has 0 fully saturated rings. The van der Waals surface area contributed by atoms with E-state index in [-0.39, 0.29) is 5.82 Å². The van der Waals surface area contributed by atoms with E-state index in [1.165, 1.54) is 18.4 Å². The predicted octanol–water partition coefficient (Wildman–Crippen LogP) is 6.67. The Morgan fingerprint density at radius 2 is 1.87 bits per heavy atom. The Balaban J connectivity index is 1.65. The number of nitrogens with zero attached hydrogens (tertiary/aromatic N) is 3. The van der Waals surface area contributed by atoms with Crippen LogP contribution in [-0.4, -0.2) is 33.1 Å². The van der Waals surface area contributed by atoms with Crippen molar-refractivity contribution in [3.05, 3.63) is 87.7 Å². The summed E-state index contributed by atoms with van der Waals surface area (Å²) in [4.78, 5) is 25.7. The first kappa shape index (κ1) is 28.2. The van der Waals surface area contributed by atoms with Crippen LogP contribution in [-0.2, 0) is 22.9 Å². The van der Waals surface area contributed by atoms with Crippen LogP contribution in [0.4, 0.5) is 24.8 Å². The third-order valence-corrected chi connectivity index (χ3v) is 7.29. The Kier molecular flexibility index (Phi) is 8.03. The van der Waals surface area contributed by atoms with Crippen LogP contribution in [0.2, 0.25) is 0 Å². The number of pyridine rings is 2. The van der Waals surface area contributed by atoms with E-state index in [0.29, 0.717) is 38.9 Å². The third kappa shape index (κ3) is 6.26. The number of halogens is 3. The minimum Gasteiger partial charge on any atom is -0.465 e. The third-order valence-electron chi connectivity index (χ3n) is 6.06. The Morgan fingerprint density at radius 1 is 1.10 bits per heavy atom. The van der Waals surface area contributed by atoms with Crippen molar-refractivity contribution in [2.45, 2.75) is 45.4 Å². The first-order valence-corrected chi connectivity index (χ1v) is 12.9. The number of carbonyl (C=O) groups excluding carboxylic acids is 1. The monoisotopic (exact) mass is 556 g/mol. The Morgan fingerprint density at radius 3 is 2.56 bits per heavy atom. The molecule has 1 aromatic carbocycles. The molecule has 0 saturated carbocycles. The predicted molar refractivity (Wildman–Crippen MR) is 143 cm³/mol. The second kappa shape index (κ2) is 11.1. The molecular formula is C28H27F3N4O3S. The number of methoxy groups -OCH3 is 1. The van der Waals surface area contributed by atoms with Crippen LogP contribution >= 0.6 is 11.3 Å². The highest BCUT2D eigenvalue weighted by atomic mass is 32.1. The SMILES string of the molecule is CCCc1cc(C(=O)OC)ccc1C(C)(O)c1ncc(-c2cc(C)cc(Nc3cc(C(F)(F)F)ccn3)n2)s1. The number of aliphatic hydroxyl groups is 1. The standard InChI is InChI=1S/C28H27F3N4O3S/c1-5-6-17-13-18(25(36)38-4)7-8-20(17)27(3,37)26-33-15-22(39-26)21-11-16(2)12-24(34-21)35-23-14-19(9-10-32-23)28(29,30)31/h7-15,37H,5-6H2,1-4H3,(H,32,34,35). The number of ether oxygens (including phenoxy) is 1. The van der Waals surface area contributed by atoms with Crippen LogP contribution in [0.15, 0.2) is 54.9 Å². The average molecular weight is 557 g/mol. The average Bonchev–Trinajstić information content (AvgIpc) is 3.39. The summed E-state index contributed by atoms with van der Waals surface area (Å²) in [6.45, 7) is 5.50. The molecule has 4 rings (SSSR count). The van der Waals surface area contributed by atoms with E-state index in [4.69, 9.17) is 4.74 Å². The number of hydrogen-bond acceptors (Lipinski definition) is 8. The topological polar surface area (TPSA) is 97.2 Å². The highest BCUT2D eigenvalue weighted by molar-refractivity contribution is 7.15. The van der Waals surface area contributed by atoms with E-state index in [9.17, 15) is 23.1 Å². The number of aromatic nitrogens is 3. The molecule has 0 amide bonds. The van der Waals surface area contributed by atoms with Crippen molar-refractivity contribution in [1.82, 2.24) is 15.0 Å². The molecule has 1 unspecified atom stereocenters. The van der Waals surface area contributed by atoms with Gasteiger partial charge in [-0.25, -0.2) is 19.7 Å². The smallest absolute Gasteiger partial charge is 0.416 e. The molecule has 0 bridgehead atoms. The van der Waals surface area contributed by atoms with Crippen LogP contribution < -0.4 is 5.32 Å². The van der Waals surface area contributed by atoms with Gasteiger partial charge in [0.25, 0.3) is 0 Å². The fourth-order valence-electron chi connectivity index (χ4n) is 4.19. The minimum absolute atomic E-state index is 0.0145. The molecule has 0 aliphatic rings. The summed E-state index contributed by atoms with van der Waals surface area (Å²) in [7, 11) is 1.32. The number of carbonyl (C=O) groups is 1. The van der Waals surface area contributed by atoms with Crippen molar-refractivity contribution in [2.75, 3.05) is 12.4 Å². The Bertz CT molecular complexity index is 1500. The number of hydrogen-bond donors (Lipinski definition) is 2. The van der Waals surface area contributed by atoms with E-state index in [0.717, 1.165) is 35.9 Å². The molecule has 0 aliphatic heterocycles. The summed E-state index contributed by atoms with van der Waals surface area (Å²) < 4.78 is 44.1. The number of alkyl halides is 3. The van der Waals surface area contributed by atoms with Gasteiger partial charge in [-0.3, -0.25) is 0 Å². The quantitative estimate of drug-likeness (QED) is 0.234. The van der Waals surface area contributed by atoms with Crippen molar-refractivity contribution in [3.8, 4) is 10.6 Å². The zero-order valence-corrected chi connectivity index (χ0v) is 22.6. The lowest BCUT2D eigenvalue weighted by atomic mass is 9.88. The Labute approximate surface area is 227 Å². The van der Waals surface area contributed by atoms with Gasteiger partial charge in [0.05, 0.1) is 28.8 Å². The maximum absolute atomic E-state index is 13.1. The first-order chi connectivity index (χ1) is 18.4. The summed E-state index contributed by atoms with van der Waals surface area (Å²) in [6.07, 6.45) is -0.348. The molecule has 1 atom stereocenters. The molecule has 0 radical (unpaired) electrons. The zero-order valence-electron chi connectivity index (χ0n) is 21.8. The number of thiazole rings is 1. The summed E-state index contributed by atoms with van der Waals surface area (Å²) in [5.74, 6) is -0.117. The van der Waals surface area contributed by atoms with Crippen molar-refractivity contribution >= 4 is 28.9 Å². The molecule has 11 heteroatoms. The van der Waals surface area contributed by atoms with E-state index in [1.807, 2.05) is 19.9 Å². The van der Waals surface area contributed by atoms with Gasteiger partial charge in [-0.05, 0) is 73.4 Å². The van der Waals surface area contributed by atoms with Crippen LogP contribution in [0.25, 0.3) is 10.6 Å². The number of benzene rings is 1. The number of esters is 1. The molecule has 0 saturated heterocycles. The summed E-state index contributed by atoms with van der Waals surface area (Å²) >= 11 is 1.25. The maximum atomic E-state index is 13.1. The normalized spacial score (nSPS) is 13.1.